The summed E-state index contributed by atoms with van der Waals surface area (Å²) < 4.78 is 16.9. The van der Waals surface area contributed by atoms with Gasteiger partial charge in [0.25, 0.3) is 0 Å². The Hall–Kier alpha value is -2.20. The van der Waals surface area contributed by atoms with Crippen LogP contribution < -0.4 is 14.2 Å². The van der Waals surface area contributed by atoms with E-state index in [-0.39, 0.29) is 0 Å². The molecule has 2 aromatic rings. The zero-order chi connectivity index (χ0) is 15.4. The summed E-state index contributed by atoms with van der Waals surface area (Å²) >= 11 is 6.24. The van der Waals surface area contributed by atoms with Crippen molar-refractivity contribution in [3.63, 3.8) is 0 Å². The lowest BCUT2D eigenvalue weighted by atomic mass is 10.2. The first-order valence-corrected chi connectivity index (χ1v) is 7.41. The molecule has 4 nitrogen and oxygen atoms in total. The van der Waals surface area contributed by atoms with E-state index >= 15 is 0 Å². The summed E-state index contributed by atoms with van der Waals surface area (Å²) in [6, 6.07) is 10.7. The molecule has 1 aliphatic heterocycles. The van der Waals surface area contributed by atoms with Crippen LogP contribution in [0.25, 0.3) is 0 Å². The zero-order valence-electron chi connectivity index (χ0n) is 11.9. The lowest BCUT2D eigenvalue weighted by Gasteiger charge is -2.13. The number of aldehydes is 1. The fourth-order valence-corrected chi connectivity index (χ4v) is 2.53. The predicted octanol–water partition coefficient (Wildman–Crippen LogP) is 3.89. The normalized spacial score (nSPS) is 13.3. The first-order chi connectivity index (χ1) is 10.8. The Labute approximate surface area is 133 Å². The molecule has 0 saturated carbocycles. The van der Waals surface area contributed by atoms with Gasteiger partial charge in [0.2, 0.25) is 0 Å². The van der Waals surface area contributed by atoms with Crippen LogP contribution in [-0.4, -0.2) is 19.5 Å². The van der Waals surface area contributed by atoms with Crippen LogP contribution in [0.15, 0.2) is 36.4 Å². The maximum Gasteiger partial charge on any atom is 0.179 e. The quantitative estimate of drug-likeness (QED) is 0.802. The summed E-state index contributed by atoms with van der Waals surface area (Å²) in [5.74, 6) is 1.75. The van der Waals surface area contributed by atoms with Gasteiger partial charge in [0.05, 0.1) is 23.8 Å². The first kappa shape index (κ1) is 14.7. The third-order valence-electron chi connectivity index (χ3n) is 3.30. The number of rotatable bonds is 4. The summed E-state index contributed by atoms with van der Waals surface area (Å²) in [6.45, 7) is 1.48. The molecule has 0 aliphatic carbocycles. The molecule has 0 fully saturated rings. The molecule has 0 unspecified atom stereocenters. The van der Waals surface area contributed by atoms with Crippen LogP contribution >= 0.6 is 11.6 Å². The van der Waals surface area contributed by atoms with Crippen molar-refractivity contribution in [3.05, 3.63) is 52.5 Å². The van der Waals surface area contributed by atoms with Gasteiger partial charge in [0.15, 0.2) is 17.8 Å². The molecule has 0 bridgehead atoms. The fourth-order valence-electron chi connectivity index (χ4n) is 2.24. The summed E-state index contributed by atoms with van der Waals surface area (Å²) in [6.07, 6.45) is 1.60. The number of benzene rings is 2. The van der Waals surface area contributed by atoms with Crippen molar-refractivity contribution in [3.8, 4) is 17.2 Å². The van der Waals surface area contributed by atoms with Gasteiger partial charge in [-0.2, -0.15) is 0 Å². The maximum atomic E-state index is 11.0. The van der Waals surface area contributed by atoms with Gasteiger partial charge >= 0.3 is 0 Å². The molecule has 2 aromatic carbocycles. The van der Waals surface area contributed by atoms with Gasteiger partial charge in [-0.15, -0.1) is 0 Å². The Kier molecular flexibility index (Phi) is 4.49. The molecule has 1 heterocycles. The molecule has 3 rings (SSSR count). The van der Waals surface area contributed by atoms with Gasteiger partial charge in [-0.1, -0.05) is 23.7 Å². The lowest BCUT2D eigenvalue weighted by molar-refractivity contribution is 0.111. The predicted molar refractivity (Wildman–Crippen MR) is 83.2 cm³/mol. The Morgan fingerprint density at radius 3 is 2.86 bits per heavy atom. The monoisotopic (exact) mass is 318 g/mol. The second-order valence-corrected chi connectivity index (χ2v) is 5.31. The minimum atomic E-state index is 0.293. The molecule has 0 saturated heterocycles. The van der Waals surface area contributed by atoms with Crippen LogP contribution in [0.5, 0.6) is 17.2 Å². The Bertz CT molecular complexity index is 684. The minimum Gasteiger partial charge on any atom is -0.489 e. The van der Waals surface area contributed by atoms with Crippen LogP contribution in [-0.2, 0) is 6.61 Å². The summed E-state index contributed by atoms with van der Waals surface area (Å²) in [4.78, 5) is 11.0. The highest BCUT2D eigenvalue weighted by atomic mass is 35.5. The van der Waals surface area contributed by atoms with E-state index in [4.69, 9.17) is 25.8 Å². The Morgan fingerprint density at radius 2 is 2.00 bits per heavy atom. The molecule has 22 heavy (non-hydrogen) atoms. The second-order valence-electron chi connectivity index (χ2n) is 4.90. The van der Waals surface area contributed by atoms with Crippen molar-refractivity contribution >= 4 is 17.9 Å². The second kappa shape index (κ2) is 6.71. The van der Waals surface area contributed by atoms with Crippen molar-refractivity contribution in [2.75, 3.05) is 13.2 Å². The summed E-state index contributed by atoms with van der Waals surface area (Å²) in [7, 11) is 0. The van der Waals surface area contributed by atoms with Crippen LogP contribution in [0.2, 0.25) is 5.02 Å². The number of hydrogen-bond acceptors (Lipinski definition) is 4. The van der Waals surface area contributed by atoms with Crippen LogP contribution in [0.4, 0.5) is 0 Å². The van der Waals surface area contributed by atoms with Crippen LogP contribution in [0.1, 0.15) is 22.3 Å². The molecule has 0 amide bonds. The molecular weight excluding hydrogens is 304 g/mol. The fraction of sp³-hybridized carbons (Fsp3) is 0.235. The number of para-hydroxylation sites is 1. The van der Waals surface area contributed by atoms with Gasteiger partial charge < -0.3 is 14.2 Å². The van der Waals surface area contributed by atoms with Gasteiger partial charge in [-0.3, -0.25) is 4.79 Å². The highest BCUT2D eigenvalue weighted by Gasteiger charge is 2.16. The average Bonchev–Trinajstić information content (AvgIpc) is 2.79. The molecule has 1 aliphatic rings. The number of carbonyl (C=O) groups excluding carboxylic acids is 1. The SMILES string of the molecule is O=Cc1ccccc1OCc1cc(Cl)c2c(c1)OCCCO2. The molecule has 0 atom stereocenters. The van der Waals surface area contributed by atoms with E-state index in [1.54, 1.807) is 24.3 Å². The molecule has 0 spiro atoms. The minimum absolute atomic E-state index is 0.293. The standard InChI is InChI=1S/C17H15ClO4/c18-14-8-12(9-16-17(14)21-7-3-6-20-16)11-22-15-5-2-1-4-13(15)10-19/h1-2,4-5,8-10H,3,6-7,11H2. The number of fused-ring (bicyclic) bond motifs is 1. The van der Waals surface area contributed by atoms with Gasteiger partial charge in [-0.05, 0) is 29.8 Å². The van der Waals surface area contributed by atoms with Crippen molar-refractivity contribution in [1.82, 2.24) is 0 Å². The van der Waals surface area contributed by atoms with Crippen molar-refractivity contribution in [2.45, 2.75) is 13.0 Å². The van der Waals surface area contributed by atoms with Gasteiger partial charge in [0.1, 0.15) is 12.4 Å². The third-order valence-corrected chi connectivity index (χ3v) is 3.58. The zero-order valence-corrected chi connectivity index (χ0v) is 12.6. The molecule has 5 heteroatoms. The van der Waals surface area contributed by atoms with Crippen LogP contribution in [0.3, 0.4) is 0 Å². The number of halogens is 1. The summed E-state index contributed by atoms with van der Waals surface area (Å²) in [5.41, 5.74) is 1.37. The molecule has 0 radical (unpaired) electrons. The van der Waals surface area contributed by atoms with E-state index in [2.05, 4.69) is 0 Å². The van der Waals surface area contributed by atoms with Gasteiger partial charge in [-0.25, -0.2) is 0 Å². The number of ether oxygens (including phenoxy) is 3. The Balaban J connectivity index is 1.80. The van der Waals surface area contributed by atoms with Crippen LogP contribution in [0, 0.1) is 0 Å². The molecule has 0 aromatic heterocycles. The molecule has 114 valence electrons. The van der Waals surface area contributed by atoms with E-state index in [0.29, 0.717) is 47.7 Å². The van der Waals surface area contributed by atoms with E-state index in [0.717, 1.165) is 18.3 Å². The first-order valence-electron chi connectivity index (χ1n) is 7.03. The van der Waals surface area contributed by atoms with Crippen molar-refractivity contribution in [2.24, 2.45) is 0 Å². The van der Waals surface area contributed by atoms with E-state index in [9.17, 15) is 4.79 Å². The van der Waals surface area contributed by atoms with Gasteiger partial charge in [0, 0.05) is 6.42 Å². The van der Waals surface area contributed by atoms with E-state index < -0.39 is 0 Å². The van der Waals surface area contributed by atoms with Crippen molar-refractivity contribution < 1.29 is 19.0 Å². The lowest BCUT2D eigenvalue weighted by Crippen LogP contribution is -2.00. The highest BCUT2D eigenvalue weighted by molar-refractivity contribution is 6.32. The highest BCUT2D eigenvalue weighted by Crippen LogP contribution is 2.38. The molecular formula is C17H15ClO4. The van der Waals surface area contributed by atoms with E-state index in [1.165, 1.54) is 0 Å². The third kappa shape index (κ3) is 3.17. The number of carbonyl (C=O) groups is 1. The largest absolute Gasteiger partial charge is 0.489 e. The number of hydrogen-bond donors (Lipinski definition) is 0. The molecule has 0 N–H and O–H groups in total. The summed E-state index contributed by atoms with van der Waals surface area (Å²) in [5, 5.41) is 0.502. The smallest absolute Gasteiger partial charge is 0.179 e. The maximum absolute atomic E-state index is 11.0. The Morgan fingerprint density at radius 1 is 1.18 bits per heavy atom. The average molecular weight is 319 g/mol. The topological polar surface area (TPSA) is 44.8 Å². The van der Waals surface area contributed by atoms with E-state index in [1.807, 2.05) is 12.1 Å². The van der Waals surface area contributed by atoms with Crippen molar-refractivity contribution in [1.29, 1.82) is 0 Å².